The van der Waals surface area contributed by atoms with Crippen molar-refractivity contribution in [3.63, 3.8) is 0 Å². The molecule has 0 bridgehead atoms. The number of rotatable bonds is 2. The van der Waals surface area contributed by atoms with E-state index < -0.39 is 0 Å². The van der Waals surface area contributed by atoms with E-state index in [0.717, 1.165) is 0 Å². The van der Waals surface area contributed by atoms with Gasteiger partial charge in [0.1, 0.15) is 11.6 Å². The smallest absolute Gasteiger partial charge is 0.199 e. The molecule has 4 nitrogen and oxygen atoms in total. The van der Waals surface area contributed by atoms with Gasteiger partial charge in [-0.3, -0.25) is 4.79 Å². The molecule has 0 aliphatic carbocycles. The highest BCUT2D eigenvalue weighted by Gasteiger charge is 2.14. The van der Waals surface area contributed by atoms with Crippen LogP contribution in [0.1, 0.15) is 21.7 Å². The van der Waals surface area contributed by atoms with E-state index in [1.54, 1.807) is 6.92 Å². The molecular formula is C12H9ClN2O2. The molecule has 0 saturated heterocycles. The van der Waals surface area contributed by atoms with E-state index in [2.05, 4.69) is 9.97 Å². The van der Waals surface area contributed by atoms with Gasteiger partial charge in [-0.1, -0.05) is 11.6 Å². The average molecular weight is 249 g/mol. The van der Waals surface area contributed by atoms with Gasteiger partial charge in [-0.25, -0.2) is 9.97 Å². The Morgan fingerprint density at radius 3 is 2.59 bits per heavy atom. The largest absolute Gasteiger partial charge is 0.507 e. The number of aromatic hydroxyl groups is 1. The van der Waals surface area contributed by atoms with Crippen LogP contribution in [0.15, 0.2) is 30.6 Å². The standard InChI is InChI=1S/C12H9ClN2O2/c1-7-14-5-8(6-15-7)12(17)10-4-9(13)2-3-11(10)16/h2-6,16H,1H3. The highest BCUT2D eigenvalue weighted by molar-refractivity contribution is 6.31. The predicted octanol–water partition coefficient (Wildman–Crippen LogP) is 2.38. The quantitative estimate of drug-likeness (QED) is 0.829. The van der Waals surface area contributed by atoms with Gasteiger partial charge in [0.2, 0.25) is 0 Å². The van der Waals surface area contributed by atoms with Crippen LogP contribution in [0.2, 0.25) is 5.02 Å². The van der Waals surface area contributed by atoms with E-state index in [1.165, 1.54) is 30.6 Å². The molecule has 86 valence electrons. The number of ketones is 1. The number of hydrogen-bond acceptors (Lipinski definition) is 4. The zero-order valence-corrected chi connectivity index (χ0v) is 9.77. The van der Waals surface area contributed by atoms with E-state index in [9.17, 15) is 9.90 Å². The molecular weight excluding hydrogens is 240 g/mol. The van der Waals surface area contributed by atoms with Crippen LogP contribution in [0.4, 0.5) is 0 Å². The maximum Gasteiger partial charge on any atom is 0.199 e. The molecule has 2 aromatic rings. The topological polar surface area (TPSA) is 63.1 Å². The zero-order chi connectivity index (χ0) is 12.4. The molecule has 0 saturated carbocycles. The average Bonchev–Trinajstić information content (AvgIpc) is 2.32. The first-order valence-electron chi connectivity index (χ1n) is 4.90. The first kappa shape index (κ1) is 11.5. The number of benzene rings is 1. The van der Waals surface area contributed by atoms with Gasteiger partial charge in [0.25, 0.3) is 0 Å². The zero-order valence-electron chi connectivity index (χ0n) is 9.01. The summed E-state index contributed by atoms with van der Waals surface area (Å²) >= 11 is 5.78. The number of nitrogens with zero attached hydrogens (tertiary/aromatic N) is 2. The van der Waals surface area contributed by atoms with Crippen LogP contribution >= 0.6 is 11.6 Å². The summed E-state index contributed by atoms with van der Waals surface area (Å²) in [6, 6.07) is 4.31. The fourth-order valence-corrected chi connectivity index (χ4v) is 1.53. The Bertz CT molecular complexity index is 567. The lowest BCUT2D eigenvalue weighted by Crippen LogP contribution is -2.03. The summed E-state index contributed by atoms with van der Waals surface area (Å²) in [7, 11) is 0. The Morgan fingerprint density at radius 1 is 1.29 bits per heavy atom. The van der Waals surface area contributed by atoms with Crippen molar-refractivity contribution in [2.75, 3.05) is 0 Å². The second-order valence-electron chi connectivity index (χ2n) is 3.51. The minimum atomic E-state index is -0.356. The van der Waals surface area contributed by atoms with E-state index in [1.807, 2.05) is 0 Å². The molecule has 2 rings (SSSR count). The van der Waals surface area contributed by atoms with Crippen molar-refractivity contribution in [1.29, 1.82) is 0 Å². The summed E-state index contributed by atoms with van der Waals surface area (Å²) in [5, 5.41) is 9.99. The summed E-state index contributed by atoms with van der Waals surface area (Å²) in [5.74, 6) is 0.113. The minimum Gasteiger partial charge on any atom is -0.507 e. The number of aryl methyl sites for hydroxylation is 1. The van der Waals surface area contributed by atoms with Crippen LogP contribution < -0.4 is 0 Å². The molecule has 1 heterocycles. The normalized spacial score (nSPS) is 10.2. The van der Waals surface area contributed by atoms with E-state index >= 15 is 0 Å². The number of aromatic nitrogens is 2. The first-order chi connectivity index (χ1) is 8.08. The van der Waals surface area contributed by atoms with Crippen molar-refractivity contribution in [3.05, 3.63) is 52.6 Å². The van der Waals surface area contributed by atoms with Gasteiger partial charge >= 0.3 is 0 Å². The summed E-state index contributed by atoms with van der Waals surface area (Å²) in [4.78, 5) is 19.9. The third kappa shape index (κ3) is 2.42. The Kier molecular flexibility index (Phi) is 3.06. The molecule has 0 aliphatic heterocycles. The number of carbonyl (C=O) groups excluding carboxylic acids is 1. The maximum atomic E-state index is 12.0. The van der Waals surface area contributed by atoms with Crippen molar-refractivity contribution >= 4 is 17.4 Å². The SMILES string of the molecule is Cc1ncc(C(=O)c2cc(Cl)ccc2O)cn1. The summed E-state index contributed by atoms with van der Waals surface area (Å²) in [5.41, 5.74) is 0.457. The number of hydrogen-bond donors (Lipinski definition) is 1. The third-order valence-corrected chi connectivity index (χ3v) is 2.48. The molecule has 1 aromatic carbocycles. The van der Waals surface area contributed by atoms with Gasteiger partial charge < -0.3 is 5.11 Å². The lowest BCUT2D eigenvalue weighted by molar-refractivity contribution is 0.103. The molecule has 0 radical (unpaired) electrons. The van der Waals surface area contributed by atoms with Gasteiger partial charge in [-0.15, -0.1) is 0 Å². The van der Waals surface area contributed by atoms with Crippen molar-refractivity contribution in [2.24, 2.45) is 0 Å². The van der Waals surface area contributed by atoms with Crippen molar-refractivity contribution in [2.45, 2.75) is 6.92 Å². The second kappa shape index (κ2) is 4.51. The van der Waals surface area contributed by atoms with Crippen molar-refractivity contribution in [1.82, 2.24) is 9.97 Å². The molecule has 0 unspecified atom stereocenters. The lowest BCUT2D eigenvalue weighted by Gasteiger charge is -2.04. The highest BCUT2D eigenvalue weighted by atomic mass is 35.5. The maximum absolute atomic E-state index is 12.0. The first-order valence-corrected chi connectivity index (χ1v) is 5.27. The monoisotopic (exact) mass is 248 g/mol. The Labute approximate surface area is 103 Å². The van der Waals surface area contributed by atoms with Crippen LogP contribution in [-0.2, 0) is 0 Å². The predicted molar refractivity (Wildman–Crippen MR) is 63.3 cm³/mol. The fourth-order valence-electron chi connectivity index (χ4n) is 1.36. The van der Waals surface area contributed by atoms with Crippen LogP contribution in [-0.4, -0.2) is 20.9 Å². The summed E-state index contributed by atoms with van der Waals surface area (Å²) < 4.78 is 0. The van der Waals surface area contributed by atoms with Crippen LogP contribution in [0.3, 0.4) is 0 Å². The molecule has 0 atom stereocenters. The van der Waals surface area contributed by atoms with Gasteiger partial charge in [0.05, 0.1) is 11.1 Å². The second-order valence-corrected chi connectivity index (χ2v) is 3.95. The van der Waals surface area contributed by atoms with Crippen molar-refractivity contribution < 1.29 is 9.90 Å². The Morgan fingerprint density at radius 2 is 1.94 bits per heavy atom. The molecule has 5 heteroatoms. The minimum absolute atomic E-state index is 0.111. The van der Waals surface area contributed by atoms with E-state index in [0.29, 0.717) is 16.4 Å². The molecule has 0 aliphatic rings. The Hall–Kier alpha value is -1.94. The van der Waals surface area contributed by atoms with E-state index in [4.69, 9.17) is 11.6 Å². The van der Waals surface area contributed by atoms with Gasteiger partial charge in [0, 0.05) is 17.4 Å². The number of carbonyl (C=O) groups is 1. The highest BCUT2D eigenvalue weighted by Crippen LogP contribution is 2.23. The number of halogens is 1. The van der Waals surface area contributed by atoms with Gasteiger partial charge in [-0.2, -0.15) is 0 Å². The van der Waals surface area contributed by atoms with Crippen LogP contribution in [0.25, 0.3) is 0 Å². The van der Waals surface area contributed by atoms with Crippen LogP contribution in [0.5, 0.6) is 5.75 Å². The molecule has 1 aromatic heterocycles. The Balaban J connectivity index is 2.43. The van der Waals surface area contributed by atoms with Gasteiger partial charge in [-0.05, 0) is 25.1 Å². The summed E-state index contributed by atoms with van der Waals surface area (Å²) in [6.07, 6.45) is 2.84. The number of phenols is 1. The van der Waals surface area contributed by atoms with Crippen molar-refractivity contribution in [3.8, 4) is 5.75 Å². The fraction of sp³-hybridized carbons (Fsp3) is 0.0833. The molecule has 17 heavy (non-hydrogen) atoms. The molecule has 1 N–H and O–H groups in total. The number of phenolic OH excluding ortho intramolecular Hbond substituents is 1. The third-order valence-electron chi connectivity index (χ3n) is 2.25. The molecule has 0 amide bonds. The van der Waals surface area contributed by atoms with E-state index in [-0.39, 0.29) is 17.1 Å². The molecule has 0 spiro atoms. The van der Waals surface area contributed by atoms with Gasteiger partial charge in [0.15, 0.2) is 5.78 Å². The summed E-state index contributed by atoms with van der Waals surface area (Å²) in [6.45, 7) is 1.73. The van der Waals surface area contributed by atoms with Crippen LogP contribution in [0, 0.1) is 6.92 Å². The lowest BCUT2D eigenvalue weighted by atomic mass is 10.1. The molecule has 0 fully saturated rings.